The third-order valence-electron chi connectivity index (χ3n) is 0.808. The van der Waals surface area contributed by atoms with Gasteiger partial charge in [0.05, 0.1) is 12.8 Å². The summed E-state index contributed by atoms with van der Waals surface area (Å²) in [6.45, 7) is 1.94. The highest BCUT2D eigenvalue weighted by atomic mass is 32.1. The topological polar surface area (TPSA) is 34.1 Å². The Morgan fingerprint density at radius 1 is 1.78 bits per heavy atom. The summed E-state index contributed by atoms with van der Waals surface area (Å²) in [6, 6.07) is 0. The summed E-state index contributed by atoms with van der Waals surface area (Å²) < 4.78 is 0. The third kappa shape index (κ3) is 1.65. The molecule has 3 nitrogen and oxygen atoms in total. The predicted molar refractivity (Wildman–Crippen MR) is 37.5 cm³/mol. The lowest BCUT2D eigenvalue weighted by Crippen LogP contribution is -1.93. The zero-order valence-electron chi connectivity index (χ0n) is 5.34. The molecule has 0 saturated heterocycles. The van der Waals surface area contributed by atoms with E-state index in [1.165, 1.54) is 11.3 Å². The van der Waals surface area contributed by atoms with E-state index in [0.29, 0.717) is 0 Å². The number of thiazole rings is 1. The van der Waals surface area contributed by atoms with E-state index in [1.807, 2.05) is 12.3 Å². The fourth-order valence-corrected chi connectivity index (χ4v) is 1.15. The highest BCUT2D eigenvalue weighted by molar-refractivity contribution is 7.13. The minimum absolute atomic E-state index is 0.801. The van der Waals surface area contributed by atoms with Gasteiger partial charge in [-0.2, -0.15) is 0 Å². The molecule has 1 heterocycles. The van der Waals surface area contributed by atoms with Crippen molar-refractivity contribution in [2.24, 2.45) is 0 Å². The van der Waals surface area contributed by atoms with Crippen molar-refractivity contribution in [1.29, 1.82) is 0 Å². The molecular weight excluding hydrogens is 136 g/mol. The first-order chi connectivity index (χ1) is 4.33. The van der Waals surface area contributed by atoms with E-state index in [1.54, 1.807) is 7.11 Å². The summed E-state index contributed by atoms with van der Waals surface area (Å²) in [5, 5.41) is 2.76. The van der Waals surface area contributed by atoms with Crippen molar-refractivity contribution in [3.8, 4) is 0 Å². The number of aromatic nitrogens is 1. The molecule has 0 bridgehead atoms. The maximum atomic E-state index is 4.64. The van der Waals surface area contributed by atoms with E-state index in [9.17, 15) is 0 Å². The summed E-state index contributed by atoms with van der Waals surface area (Å²) in [5.41, 5.74) is 3.65. The fraction of sp³-hybridized carbons (Fsp3) is 0.400. The minimum atomic E-state index is 0.801. The Morgan fingerprint density at radius 2 is 2.56 bits per heavy atom. The van der Waals surface area contributed by atoms with Crippen molar-refractivity contribution in [3.63, 3.8) is 0 Å². The molecule has 50 valence electrons. The zero-order valence-corrected chi connectivity index (χ0v) is 6.16. The van der Waals surface area contributed by atoms with Gasteiger partial charge in [0.25, 0.3) is 0 Å². The first-order valence-electron chi connectivity index (χ1n) is 2.54. The molecule has 0 fully saturated rings. The summed E-state index contributed by atoms with van der Waals surface area (Å²) >= 11 is 1.53. The van der Waals surface area contributed by atoms with Gasteiger partial charge in [0, 0.05) is 5.38 Å². The molecule has 0 aromatic carbocycles. The Morgan fingerprint density at radius 3 is 3.00 bits per heavy atom. The summed E-state index contributed by atoms with van der Waals surface area (Å²) in [6.07, 6.45) is 0. The van der Waals surface area contributed by atoms with Crippen LogP contribution in [0.3, 0.4) is 0 Å². The van der Waals surface area contributed by atoms with Crippen molar-refractivity contribution in [1.82, 2.24) is 4.98 Å². The first-order valence-corrected chi connectivity index (χ1v) is 3.42. The maximum absolute atomic E-state index is 4.64. The molecule has 1 N–H and O–H groups in total. The van der Waals surface area contributed by atoms with Gasteiger partial charge in [-0.3, -0.25) is 4.84 Å². The lowest BCUT2D eigenvalue weighted by Gasteiger charge is -1.93. The molecule has 1 rings (SSSR count). The second-order valence-electron chi connectivity index (χ2n) is 1.60. The first kappa shape index (κ1) is 6.51. The average molecular weight is 144 g/mol. The minimum Gasteiger partial charge on any atom is -0.277 e. The Labute approximate surface area is 57.6 Å². The Hall–Kier alpha value is -0.610. The number of nitrogens with zero attached hydrogens (tertiary/aromatic N) is 1. The molecule has 0 saturated carbocycles. The zero-order chi connectivity index (χ0) is 6.69. The second-order valence-corrected chi connectivity index (χ2v) is 2.46. The average Bonchev–Trinajstić information content (AvgIpc) is 2.17. The molecule has 0 aliphatic carbocycles. The Balaban J connectivity index is 2.61. The van der Waals surface area contributed by atoms with Crippen molar-refractivity contribution in [2.45, 2.75) is 6.92 Å². The van der Waals surface area contributed by atoms with Crippen LogP contribution >= 0.6 is 11.3 Å². The molecule has 0 aliphatic heterocycles. The molecule has 0 radical (unpaired) electrons. The van der Waals surface area contributed by atoms with Gasteiger partial charge < -0.3 is 0 Å². The van der Waals surface area contributed by atoms with Crippen LogP contribution in [-0.4, -0.2) is 12.1 Å². The molecule has 1 aromatic heterocycles. The monoisotopic (exact) mass is 144 g/mol. The van der Waals surface area contributed by atoms with Gasteiger partial charge in [-0.1, -0.05) is 0 Å². The smallest absolute Gasteiger partial charge is 0.207 e. The molecular formula is C5H8N2OS. The number of aryl methyl sites for hydroxylation is 1. The van der Waals surface area contributed by atoms with Crippen molar-refractivity contribution in [3.05, 3.63) is 11.1 Å². The van der Waals surface area contributed by atoms with Crippen molar-refractivity contribution < 1.29 is 4.84 Å². The second kappa shape index (κ2) is 2.80. The lowest BCUT2D eigenvalue weighted by molar-refractivity contribution is 0.270. The van der Waals surface area contributed by atoms with Crippen molar-refractivity contribution in [2.75, 3.05) is 12.6 Å². The van der Waals surface area contributed by atoms with Gasteiger partial charge in [-0.25, -0.2) is 10.5 Å². The van der Waals surface area contributed by atoms with E-state index in [0.717, 1.165) is 10.8 Å². The van der Waals surface area contributed by atoms with Crippen LogP contribution in [0.5, 0.6) is 0 Å². The molecule has 4 heteroatoms. The highest BCUT2D eigenvalue weighted by Gasteiger charge is 1.93. The third-order valence-corrected chi connectivity index (χ3v) is 1.67. The SMILES string of the molecule is CONc1nc(C)cs1. The van der Waals surface area contributed by atoms with Gasteiger partial charge in [-0.05, 0) is 6.92 Å². The molecule has 0 spiro atoms. The number of hydrogen-bond acceptors (Lipinski definition) is 4. The van der Waals surface area contributed by atoms with E-state index in [-0.39, 0.29) is 0 Å². The molecule has 0 aliphatic rings. The van der Waals surface area contributed by atoms with Crippen LogP contribution in [0.4, 0.5) is 5.13 Å². The van der Waals surface area contributed by atoms with Crippen LogP contribution in [-0.2, 0) is 4.84 Å². The van der Waals surface area contributed by atoms with Gasteiger partial charge in [0.2, 0.25) is 5.13 Å². The summed E-state index contributed by atoms with van der Waals surface area (Å²) in [5.74, 6) is 0. The maximum Gasteiger partial charge on any atom is 0.207 e. The molecule has 9 heavy (non-hydrogen) atoms. The van der Waals surface area contributed by atoms with E-state index in [2.05, 4.69) is 15.3 Å². The summed E-state index contributed by atoms with van der Waals surface area (Å²) in [7, 11) is 1.57. The van der Waals surface area contributed by atoms with Crippen LogP contribution in [0, 0.1) is 6.92 Å². The van der Waals surface area contributed by atoms with E-state index >= 15 is 0 Å². The fourth-order valence-electron chi connectivity index (χ4n) is 0.488. The molecule has 1 aromatic rings. The van der Waals surface area contributed by atoms with Crippen LogP contribution < -0.4 is 5.48 Å². The van der Waals surface area contributed by atoms with Crippen LogP contribution in [0.15, 0.2) is 5.38 Å². The van der Waals surface area contributed by atoms with E-state index < -0.39 is 0 Å². The van der Waals surface area contributed by atoms with Gasteiger partial charge >= 0.3 is 0 Å². The molecule has 0 atom stereocenters. The quantitative estimate of drug-likeness (QED) is 0.637. The van der Waals surface area contributed by atoms with Gasteiger partial charge in [-0.15, -0.1) is 11.3 Å². The van der Waals surface area contributed by atoms with Crippen LogP contribution in [0.1, 0.15) is 5.69 Å². The predicted octanol–water partition coefficient (Wildman–Crippen LogP) is 1.42. The van der Waals surface area contributed by atoms with Crippen LogP contribution in [0.2, 0.25) is 0 Å². The Kier molecular flexibility index (Phi) is 2.02. The van der Waals surface area contributed by atoms with Crippen LogP contribution in [0.25, 0.3) is 0 Å². The Bertz CT molecular complexity index is 187. The van der Waals surface area contributed by atoms with Gasteiger partial charge in [0.15, 0.2) is 0 Å². The lowest BCUT2D eigenvalue weighted by atomic mass is 10.6. The highest BCUT2D eigenvalue weighted by Crippen LogP contribution is 2.13. The number of hydrogen-bond donors (Lipinski definition) is 1. The largest absolute Gasteiger partial charge is 0.277 e. The number of anilines is 1. The van der Waals surface area contributed by atoms with Crippen molar-refractivity contribution >= 4 is 16.5 Å². The van der Waals surface area contributed by atoms with E-state index in [4.69, 9.17) is 0 Å². The normalized spacial score (nSPS) is 9.56. The molecule has 0 unspecified atom stereocenters. The number of nitrogens with one attached hydrogen (secondary N) is 1. The van der Waals surface area contributed by atoms with Gasteiger partial charge in [0.1, 0.15) is 0 Å². The number of rotatable bonds is 2. The standard InChI is InChI=1S/C5H8N2OS/c1-4-3-9-5(6-4)7-8-2/h3H,1-2H3,(H,6,7). The molecule has 0 amide bonds. The summed E-state index contributed by atoms with van der Waals surface area (Å²) in [4.78, 5) is 8.72.